The van der Waals surface area contributed by atoms with Crippen LogP contribution in [0.2, 0.25) is 0 Å². The highest BCUT2D eigenvalue weighted by molar-refractivity contribution is 5.93. The van der Waals surface area contributed by atoms with Crippen LogP contribution in [0, 0.1) is 0 Å². The first-order valence-electron chi connectivity index (χ1n) is 5.91. The number of rotatable bonds is 4. The van der Waals surface area contributed by atoms with Crippen LogP contribution in [0.5, 0.6) is 0 Å². The minimum absolute atomic E-state index is 0.0436. The molecule has 0 aromatic carbocycles. The molecule has 0 aliphatic carbocycles. The summed E-state index contributed by atoms with van der Waals surface area (Å²) < 4.78 is 1.82. The van der Waals surface area contributed by atoms with Gasteiger partial charge in [0.15, 0.2) is 0 Å². The zero-order valence-corrected chi connectivity index (χ0v) is 10.3. The lowest BCUT2D eigenvalue weighted by Crippen LogP contribution is -2.29. The number of aromatic nitrogens is 2. The molecule has 0 fully saturated rings. The van der Waals surface area contributed by atoms with Crippen molar-refractivity contribution in [3.8, 4) is 0 Å². The van der Waals surface area contributed by atoms with E-state index in [1.165, 1.54) is 0 Å². The van der Waals surface area contributed by atoms with Gasteiger partial charge in [-0.1, -0.05) is 19.4 Å². The van der Waals surface area contributed by atoms with E-state index in [2.05, 4.69) is 11.9 Å². The minimum Gasteiger partial charge on any atom is -0.340 e. The lowest BCUT2D eigenvalue weighted by Gasteiger charge is -2.17. The van der Waals surface area contributed by atoms with Crippen molar-refractivity contribution in [1.29, 1.82) is 0 Å². The van der Waals surface area contributed by atoms with Gasteiger partial charge in [-0.05, 0) is 18.6 Å². The lowest BCUT2D eigenvalue weighted by molar-refractivity contribution is 0.0786. The molecule has 0 N–H and O–H groups in total. The molecule has 2 aromatic heterocycles. The number of pyridine rings is 1. The molecule has 0 radical (unpaired) electrons. The Morgan fingerprint density at radius 2 is 2.29 bits per heavy atom. The van der Waals surface area contributed by atoms with E-state index in [9.17, 15) is 4.79 Å². The molecule has 0 atom stereocenters. The summed E-state index contributed by atoms with van der Waals surface area (Å²) in [4.78, 5) is 18.2. The molecule has 1 amide bonds. The zero-order valence-electron chi connectivity index (χ0n) is 10.3. The number of hydrogen-bond donors (Lipinski definition) is 0. The minimum atomic E-state index is 0.0436. The van der Waals surface area contributed by atoms with Crippen LogP contribution in [-0.4, -0.2) is 33.8 Å². The third-order valence-corrected chi connectivity index (χ3v) is 2.84. The molecule has 4 nitrogen and oxygen atoms in total. The van der Waals surface area contributed by atoms with Gasteiger partial charge in [0.1, 0.15) is 11.3 Å². The van der Waals surface area contributed by atoms with E-state index < -0.39 is 0 Å². The summed E-state index contributed by atoms with van der Waals surface area (Å²) in [6.45, 7) is 2.91. The fourth-order valence-electron chi connectivity index (χ4n) is 1.81. The molecular formula is C13H17N3O. The summed E-state index contributed by atoms with van der Waals surface area (Å²) in [6, 6.07) is 5.59. The Kier molecular flexibility index (Phi) is 3.42. The van der Waals surface area contributed by atoms with E-state index in [4.69, 9.17) is 0 Å². The van der Waals surface area contributed by atoms with Crippen molar-refractivity contribution in [2.24, 2.45) is 0 Å². The van der Waals surface area contributed by atoms with E-state index in [-0.39, 0.29) is 5.91 Å². The molecule has 90 valence electrons. The van der Waals surface area contributed by atoms with Gasteiger partial charge >= 0.3 is 0 Å². The van der Waals surface area contributed by atoms with Crippen LogP contribution >= 0.6 is 0 Å². The number of nitrogens with zero attached hydrogens (tertiary/aromatic N) is 3. The Morgan fingerprint density at radius 1 is 1.47 bits per heavy atom. The van der Waals surface area contributed by atoms with Crippen molar-refractivity contribution in [3.05, 3.63) is 36.3 Å². The number of unbranched alkanes of at least 4 members (excludes halogenated alkanes) is 1. The predicted molar refractivity (Wildman–Crippen MR) is 67.1 cm³/mol. The maximum absolute atomic E-state index is 12.2. The van der Waals surface area contributed by atoms with Gasteiger partial charge in [0.2, 0.25) is 0 Å². The molecule has 2 rings (SSSR count). The number of carbonyl (C=O) groups excluding carboxylic acids is 1. The number of amides is 1. The maximum atomic E-state index is 12.2. The first-order valence-corrected chi connectivity index (χ1v) is 5.91. The Morgan fingerprint density at radius 3 is 3.06 bits per heavy atom. The molecule has 0 saturated heterocycles. The van der Waals surface area contributed by atoms with E-state index >= 15 is 0 Å². The third kappa shape index (κ3) is 2.30. The lowest BCUT2D eigenvalue weighted by atomic mass is 10.2. The van der Waals surface area contributed by atoms with Gasteiger partial charge in [-0.25, -0.2) is 4.98 Å². The average Bonchev–Trinajstić information content (AvgIpc) is 2.82. The Hall–Kier alpha value is -1.84. The number of imidazole rings is 1. The quantitative estimate of drug-likeness (QED) is 0.809. The van der Waals surface area contributed by atoms with Crippen LogP contribution in [0.15, 0.2) is 30.6 Å². The normalized spacial score (nSPS) is 10.7. The summed E-state index contributed by atoms with van der Waals surface area (Å²) >= 11 is 0. The molecule has 2 heterocycles. The van der Waals surface area contributed by atoms with Crippen molar-refractivity contribution in [1.82, 2.24) is 14.3 Å². The van der Waals surface area contributed by atoms with Crippen LogP contribution in [0.25, 0.3) is 5.65 Å². The van der Waals surface area contributed by atoms with Gasteiger partial charge in [0.05, 0.1) is 0 Å². The van der Waals surface area contributed by atoms with Crippen molar-refractivity contribution in [2.45, 2.75) is 19.8 Å². The summed E-state index contributed by atoms with van der Waals surface area (Å²) in [5.41, 5.74) is 1.47. The largest absolute Gasteiger partial charge is 0.340 e. The monoisotopic (exact) mass is 231 g/mol. The molecular weight excluding hydrogens is 214 g/mol. The summed E-state index contributed by atoms with van der Waals surface area (Å²) in [6.07, 6.45) is 5.64. The highest BCUT2D eigenvalue weighted by atomic mass is 16.2. The second-order valence-corrected chi connectivity index (χ2v) is 4.15. The van der Waals surface area contributed by atoms with E-state index in [0.29, 0.717) is 5.69 Å². The number of fused-ring (bicyclic) bond motifs is 1. The molecule has 0 bridgehead atoms. The maximum Gasteiger partial charge on any atom is 0.270 e. The van der Waals surface area contributed by atoms with Crippen molar-refractivity contribution in [2.75, 3.05) is 13.6 Å². The molecule has 17 heavy (non-hydrogen) atoms. The van der Waals surface area contributed by atoms with Crippen LogP contribution in [0.4, 0.5) is 0 Å². The highest BCUT2D eigenvalue weighted by Gasteiger charge is 2.14. The summed E-state index contributed by atoms with van der Waals surface area (Å²) in [5, 5.41) is 0. The van der Waals surface area contributed by atoms with Crippen LogP contribution in [-0.2, 0) is 0 Å². The molecule has 0 aliphatic rings. The van der Waals surface area contributed by atoms with Gasteiger partial charge in [-0.15, -0.1) is 0 Å². The standard InChI is InChI=1S/C13H17N3O/c1-3-4-9-15(2)13(17)11-6-5-7-12-14-8-10-16(11)12/h5-8,10H,3-4,9H2,1-2H3. The SMILES string of the molecule is CCCCN(C)C(=O)c1cccc2nccn12. The van der Waals surface area contributed by atoms with Crippen LogP contribution in [0.1, 0.15) is 30.3 Å². The second-order valence-electron chi connectivity index (χ2n) is 4.15. The van der Waals surface area contributed by atoms with E-state index in [1.54, 1.807) is 11.1 Å². The van der Waals surface area contributed by atoms with Gasteiger partial charge in [-0.2, -0.15) is 0 Å². The highest BCUT2D eigenvalue weighted by Crippen LogP contribution is 2.08. The summed E-state index contributed by atoms with van der Waals surface area (Å²) in [5.74, 6) is 0.0436. The molecule has 2 aromatic rings. The predicted octanol–water partition coefficient (Wildman–Crippen LogP) is 2.21. The van der Waals surface area contributed by atoms with E-state index in [1.807, 2.05) is 35.8 Å². The molecule has 4 heteroatoms. The van der Waals surface area contributed by atoms with E-state index in [0.717, 1.165) is 25.0 Å². The number of hydrogen-bond acceptors (Lipinski definition) is 2. The molecule has 0 aliphatic heterocycles. The Labute approximate surface area is 101 Å². The number of carbonyl (C=O) groups is 1. The smallest absolute Gasteiger partial charge is 0.270 e. The Bertz CT molecular complexity index is 518. The summed E-state index contributed by atoms with van der Waals surface area (Å²) in [7, 11) is 1.84. The fraction of sp³-hybridized carbons (Fsp3) is 0.385. The second kappa shape index (κ2) is 4.99. The van der Waals surface area contributed by atoms with Crippen molar-refractivity contribution in [3.63, 3.8) is 0 Å². The van der Waals surface area contributed by atoms with Crippen molar-refractivity contribution >= 4 is 11.6 Å². The Balaban J connectivity index is 2.27. The topological polar surface area (TPSA) is 37.6 Å². The first-order chi connectivity index (χ1) is 8.24. The molecule has 0 spiro atoms. The molecule has 0 unspecified atom stereocenters. The fourth-order valence-corrected chi connectivity index (χ4v) is 1.81. The van der Waals surface area contributed by atoms with Gasteiger partial charge in [-0.3, -0.25) is 9.20 Å². The van der Waals surface area contributed by atoms with Gasteiger partial charge < -0.3 is 4.90 Å². The first kappa shape index (κ1) is 11.6. The van der Waals surface area contributed by atoms with Gasteiger partial charge in [0, 0.05) is 26.0 Å². The van der Waals surface area contributed by atoms with Crippen LogP contribution < -0.4 is 0 Å². The third-order valence-electron chi connectivity index (χ3n) is 2.84. The van der Waals surface area contributed by atoms with Gasteiger partial charge in [0.25, 0.3) is 5.91 Å². The van der Waals surface area contributed by atoms with Crippen molar-refractivity contribution < 1.29 is 4.79 Å². The average molecular weight is 231 g/mol. The van der Waals surface area contributed by atoms with Crippen LogP contribution in [0.3, 0.4) is 0 Å². The molecule has 0 saturated carbocycles. The zero-order chi connectivity index (χ0) is 12.3.